The average molecular weight is 396 g/mol. The van der Waals surface area contributed by atoms with Crippen molar-refractivity contribution in [3.8, 4) is 0 Å². The molecule has 29 heavy (non-hydrogen) atoms. The second kappa shape index (κ2) is 8.69. The molecular formula is C22H25FN4O2. The molecule has 2 aliphatic rings. The number of hydrogen-bond donors (Lipinski definition) is 0. The van der Waals surface area contributed by atoms with Crippen LogP contribution >= 0.6 is 0 Å². The zero-order valence-corrected chi connectivity index (χ0v) is 16.6. The van der Waals surface area contributed by atoms with Crippen LogP contribution in [0.1, 0.15) is 23.2 Å². The summed E-state index contributed by atoms with van der Waals surface area (Å²) in [5.74, 6) is -0.287. The molecule has 0 bridgehead atoms. The van der Waals surface area contributed by atoms with Gasteiger partial charge in [-0.25, -0.2) is 4.39 Å². The van der Waals surface area contributed by atoms with E-state index < -0.39 is 6.10 Å². The van der Waals surface area contributed by atoms with E-state index in [1.165, 1.54) is 17.7 Å². The normalized spacial score (nSPS) is 19.7. The maximum absolute atomic E-state index is 13.3. The molecule has 1 fully saturated rings. The minimum Gasteiger partial charge on any atom is -0.382 e. The van der Waals surface area contributed by atoms with E-state index in [0.717, 1.165) is 36.6 Å². The lowest BCUT2D eigenvalue weighted by molar-refractivity contribution is -0.143. The number of oxime groups is 1. The lowest BCUT2D eigenvalue weighted by atomic mass is 10.0. The molecule has 1 aromatic carbocycles. The number of amides is 1. The van der Waals surface area contributed by atoms with E-state index in [9.17, 15) is 9.18 Å². The Morgan fingerprint density at radius 1 is 1.21 bits per heavy atom. The molecule has 0 N–H and O–H groups in total. The van der Waals surface area contributed by atoms with Crippen LogP contribution in [-0.4, -0.2) is 58.7 Å². The number of aromatic nitrogens is 1. The Labute approximate surface area is 170 Å². The average Bonchev–Trinajstić information content (AvgIpc) is 3.18. The second-order valence-corrected chi connectivity index (χ2v) is 7.63. The van der Waals surface area contributed by atoms with Gasteiger partial charge in [-0.1, -0.05) is 23.4 Å². The number of carbonyl (C=O) groups excluding carboxylic acids is 1. The van der Waals surface area contributed by atoms with Crippen molar-refractivity contribution in [2.45, 2.75) is 32.4 Å². The Morgan fingerprint density at radius 2 is 2.03 bits per heavy atom. The first-order valence-corrected chi connectivity index (χ1v) is 9.96. The molecule has 1 unspecified atom stereocenters. The predicted octanol–water partition coefficient (Wildman–Crippen LogP) is 2.56. The van der Waals surface area contributed by atoms with Crippen molar-refractivity contribution in [1.82, 2.24) is 14.8 Å². The van der Waals surface area contributed by atoms with Crippen LogP contribution in [0.3, 0.4) is 0 Å². The molecule has 152 valence electrons. The van der Waals surface area contributed by atoms with Gasteiger partial charge >= 0.3 is 0 Å². The van der Waals surface area contributed by atoms with Crippen LogP contribution in [0.4, 0.5) is 4.39 Å². The highest BCUT2D eigenvalue weighted by molar-refractivity contribution is 5.94. The lowest BCUT2D eigenvalue weighted by Crippen LogP contribution is -2.51. The van der Waals surface area contributed by atoms with E-state index in [4.69, 9.17) is 4.84 Å². The summed E-state index contributed by atoms with van der Waals surface area (Å²) in [5.41, 5.74) is 3.88. The maximum Gasteiger partial charge on any atom is 0.266 e. The number of hydrogen-bond acceptors (Lipinski definition) is 5. The molecule has 1 atom stereocenters. The van der Waals surface area contributed by atoms with Gasteiger partial charge in [0.25, 0.3) is 5.91 Å². The molecule has 0 aliphatic carbocycles. The van der Waals surface area contributed by atoms with Crippen molar-refractivity contribution in [1.29, 1.82) is 0 Å². The smallest absolute Gasteiger partial charge is 0.266 e. The summed E-state index contributed by atoms with van der Waals surface area (Å²) in [6.45, 7) is 5.83. The van der Waals surface area contributed by atoms with E-state index in [0.29, 0.717) is 25.9 Å². The zero-order chi connectivity index (χ0) is 20.2. The summed E-state index contributed by atoms with van der Waals surface area (Å²) >= 11 is 0. The topological polar surface area (TPSA) is 58.0 Å². The molecule has 2 aromatic rings. The van der Waals surface area contributed by atoms with Crippen LogP contribution in [0.25, 0.3) is 0 Å². The molecule has 2 aliphatic heterocycles. The summed E-state index contributed by atoms with van der Waals surface area (Å²) in [7, 11) is 0. The Bertz CT molecular complexity index is 909. The van der Waals surface area contributed by atoms with Gasteiger partial charge in [-0.05, 0) is 36.2 Å². The van der Waals surface area contributed by atoms with Crippen molar-refractivity contribution in [3.63, 3.8) is 0 Å². The minimum atomic E-state index is -0.567. The highest BCUT2D eigenvalue weighted by atomic mass is 19.1. The minimum absolute atomic E-state index is 0.0170. The fraction of sp³-hybridized carbons (Fsp3) is 0.409. The summed E-state index contributed by atoms with van der Waals surface area (Å²) < 4.78 is 13.3. The third kappa shape index (κ3) is 4.79. The molecule has 0 spiro atoms. The van der Waals surface area contributed by atoms with Crippen LogP contribution in [-0.2, 0) is 22.6 Å². The molecule has 0 radical (unpaired) electrons. The van der Waals surface area contributed by atoms with Crippen LogP contribution < -0.4 is 0 Å². The standard InChI is InChI=1S/C22H25FN4O2/c1-16-4-3-7-24-20(16)15-26-8-10-27(11-9-26)22(28)21-14-19(25-29-21)13-17-5-2-6-18(23)12-17/h2-7,12,21H,8-11,13-15H2,1H3. The van der Waals surface area contributed by atoms with Crippen LogP contribution in [0.15, 0.2) is 47.8 Å². The van der Waals surface area contributed by atoms with E-state index in [-0.39, 0.29) is 11.7 Å². The van der Waals surface area contributed by atoms with E-state index in [1.807, 2.05) is 23.2 Å². The monoisotopic (exact) mass is 396 g/mol. The molecule has 0 saturated carbocycles. The second-order valence-electron chi connectivity index (χ2n) is 7.63. The zero-order valence-electron chi connectivity index (χ0n) is 16.6. The number of nitrogens with zero attached hydrogens (tertiary/aromatic N) is 4. The Morgan fingerprint density at radius 3 is 2.79 bits per heavy atom. The SMILES string of the molecule is Cc1cccnc1CN1CCN(C(=O)C2CC(Cc3cccc(F)c3)=NO2)CC1. The highest BCUT2D eigenvalue weighted by Gasteiger charge is 2.33. The van der Waals surface area contributed by atoms with Crippen molar-refractivity contribution >= 4 is 11.6 Å². The number of halogens is 1. The van der Waals surface area contributed by atoms with Gasteiger partial charge < -0.3 is 9.74 Å². The number of carbonyl (C=O) groups is 1. The van der Waals surface area contributed by atoms with Crippen LogP contribution in [0.5, 0.6) is 0 Å². The number of benzene rings is 1. The quantitative estimate of drug-likeness (QED) is 0.780. The van der Waals surface area contributed by atoms with Crippen LogP contribution in [0.2, 0.25) is 0 Å². The first-order chi connectivity index (χ1) is 14.1. The molecule has 1 amide bonds. The largest absolute Gasteiger partial charge is 0.382 e. The maximum atomic E-state index is 13.3. The number of piperazine rings is 1. The fourth-order valence-electron chi connectivity index (χ4n) is 3.77. The van der Waals surface area contributed by atoms with E-state index >= 15 is 0 Å². The molecule has 6 nitrogen and oxygen atoms in total. The molecule has 1 saturated heterocycles. The lowest BCUT2D eigenvalue weighted by Gasteiger charge is -2.35. The van der Waals surface area contributed by atoms with Crippen molar-refractivity contribution in [3.05, 3.63) is 65.2 Å². The van der Waals surface area contributed by atoms with Gasteiger partial charge in [-0.15, -0.1) is 0 Å². The summed E-state index contributed by atoms with van der Waals surface area (Å²) in [5, 5.41) is 4.07. The number of rotatable bonds is 5. The molecule has 7 heteroatoms. The molecule has 1 aromatic heterocycles. The number of pyridine rings is 1. The van der Waals surface area contributed by atoms with Gasteiger partial charge in [0.1, 0.15) is 5.82 Å². The number of aryl methyl sites for hydroxylation is 1. The predicted molar refractivity (Wildman–Crippen MR) is 108 cm³/mol. The summed E-state index contributed by atoms with van der Waals surface area (Å²) in [6, 6.07) is 10.4. The highest BCUT2D eigenvalue weighted by Crippen LogP contribution is 2.18. The van der Waals surface area contributed by atoms with Gasteiger partial charge in [0.15, 0.2) is 0 Å². The van der Waals surface area contributed by atoms with Gasteiger partial charge in [0.05, 0.1) is 11.4 Å². The Balaban J connectivity index is 1.25. The molecule has 4 rings (SSSR count). The van der Waals surface area contributed by atoms with E-state index in [2.05, 4.69) is 28.0 Å². The third-order valence-corrected chi connectivity index (χ3v) is 5.48. The Hall–Kier alpha value is -2.80. The first kappa shape index (κ1) is 19.5. The molecule has 3 heterocycles. The van der Waals surface area contributed by atoms with Gasteiger partial charge in [-0.2, -0.15) is 0 Å². The fourth-order valence-corrected chi connectivity index (χ4v) is 3.77. The summed E-state index contributed by atoms with van der Waals surface area (Å²) in [4.78, 5) is 26.8. The molecular weight excluding hydrogens is 371 g/mol. The van der Waals surface area contributed by atoms with Crippen molar-refractivity contribution < 1.29 is 14.0 Å². The van der Waals surface area contributed by atoms with Gasteiger partial charge in [-0.3, -0.25) is 14.7 Å². The van der Waals surface area contributed by atoms with Crippen LogP contribution in [0, 0.1) is 12.7 Å². The third-order valence-electron chi connectivity index (χ3n) is 5.48. The van der Waals surface area contributed by atoms with E-state index in [1.54, 1.807) is 6.07 Å². The first-order valence-electron chi connectivity index (χ1n) is 9.96. The summed E-state index contributed by atoms with van der Waals surface area (Å²) in [6.07, 6.45) is 2.21. The van der Waals surface area contributed by atoms with Gasteiger partial charge in [0, 0.05) is 51.8 Å². The van der Waals surface area contributed by atoms with Gasteiger partial charge in [0.2, 0.25) is 6.10 Å². The Kier molecular flexibility index (Phi) is 5.85. The van der Waals surface area contributed by atoms with Crippen molar-refractivity contribution in [2.24, 2.45) is 5.16 Å². The van der Waals surface area contributed by atoms with Crippen molar-refractivity contribution in [2.75, 3.05) is 26.2 Å².